The predicted molar refractivity (Wildman–Crippen MR) is 66.4 cm³/mol. The maximum Gasteiger partial charge on any atom is 0.229 e. The van der Waals surface area contributed by atoms with Crippen molar-refractivity contribution in [1.29, 1.82) is 0 Å². The van der Waals surface area contributed by atoms with Crippen LogP contribution < -0.4 is 5.73 Å². The van der Waals surface area contributed by atoms with Gasteiger partial charge in [-0.3, -0.25) is 0 Å². The Morgan fingerprint density at radius 2 is 1.94 bits per heavy atom. The van der Waals surface area contributed by atoms with Crippen LogP contribution in [0.5, 0.6) is 0 Å². The average Bonchev–Trinajstić information content (AvgIpc) is 2.75. The van der Waals surface area contributed by atoms with Gasteiger partial charge in [-0.15, -0.1) is 0 Å². The summed E-state index contributed by atoms with van der Waals surface area (Å²) in [5.41, 5.74) is 8.20. The molecule has 1 aromatic heterocycles. The molecule has 0 saturated heterocycles. The molecule has 2 aromatic rings. The summed E-state index contributed by atoms with van der Waals surface area (Å²) in [5, 5.41) is 3.71. The van der Waals surface area contributed by atoms with E-state index in [1.807, 2.05) is 38.1 Å². The summed E-state index contributed by atoms with van der Waals surface area (Å²) in [6.45, 7) is 4.02. The van der Waals surface area contributed by atoms with Crippen LogP contribution in [0.4, 0.5) is 5.88 Å². The van der Waals surface area contributed by atoms with Gasteiger partial charge in [-0.25, -0.2) is 0 Å². The van der Waals surface area contributed by atoms with E-state index in [9.17, 15) is 0 Å². The molecule has 0 spiro atoms. The summed E-state index contributed by atoms with van der Waals surface area (Å²) in [6, 6.07) is 7.94. The molecule has 0 aliphatic carbocycles. The van der Waals surface area contributed by atoms with Crippen LogP contribution in [0, 0.1) is 0 Å². The minimum atomic E-state index is -0.389. The molecular formula is C13H16N2O2. The number of benzene rings is 1. The Balaban J connectivity index is 2.60. The molecule has 0 amide bonds. The minimum Gasteiger partial charge on any atom is -0.374 e. The molecule has 4 heteroatoms. The summed E-state index contributed by atoms with van der Waals surface area (Å²) in [4.78, 5) is 0. The Kier molecular flexibility index (Phi) is 2.90. The number of hydrogen-bond donors (Lipinski definition) is 1. The molecule has 0 aliphatic heterocycles. The summed E-state index contributed by atoms with van der Waals surface area (Å²) in [6.07, 6.45) is 1.62. The van der Waals surface area contributed by atoms with Crippen LogP contribution in [0.2, 0.25) is 0 Å². The SMILES string of the molecule is COC(C)(C)c1ccccc1-c1cnoc1N. The van der Waals surface area contributed by atoms with Gasteiger partial charge in [0, 0.05) is 7.11 Å². The lowest BCUT2D eigenvalue weighted by molar-refractivity contribution is 0.0197. The molecule has 0 radical (unpaired) electrons. The van der Waals surface area contributed by atoms with Crippen LogP contribution in [-0.2, 0) is 10.3 Å². The molecule has 0 unspecified atom stereocenters. The number of nitrogen functional groups attached to an aromatic ring is 1. The first-order chi connectivity index (χ1) is 8.06. The molecule has 0 aliphatic rings. The van der Waals surface area contributed by atoms with Gasteiger partial charge >= 0.3 is 0 Å². The van der Waals surface area contributed by atoms with Crippen molar-refractivity contribution in [3.63, 3.8) is 0 Å². The summed E-state index contributed by atoms with van der Waals surface area (Å²) in [7, 11) is 1.69. The molecule has 0 bridgehead atoms. The largest absolute Gasteiger partial charge is 0.374 e. The third-order valence-electron chi connectivity index (χ3n) is 2.97. The first-order valence-electron chi connectivity index (χ1n) is 5.41. The van der Waals surface area contributed by atoms with E-state index in [1.54, 1.807) is 13.3 Å². The Labute approximate surface area is 100 Å². The van der Waals surface area contributed by atoms with Crippen LogP contribution in [0.1, 0.15) is 19.4 Å². The van der Waals surface area contributed by atoms with E-state index < -0.39 is 0 Å². The van der Waals surface area contributed by atoms with E-state index in [1.165, 1.54) is 0 Å². The number of aromatic nitrogens is 1. The van der Waals surface area contributed by atoms with Gasteiger partial charge in [0.15, 0.2) is 0 Å². The van der Waals surface area contributed by atoms with Crippen molar-refractivity contribution < 1.29 is 9.26 Å². The van der Waals surface area contributed by atoms with Crippen LogP contribution in [0.25, 0.3) is 11.1 Å². The van der Waals surface area contributed by atoms with Gasteiger partial charge in [-0.1, -0.05) is 29.4 Å². The van der Waals surface area contributed by atoms with Crippen LogP contribution in [-0.4, -0.2) is 12.3 Å². The van der Waals surface area contributed by atoms with E-state index in [-0.39, 0.29) is 5.60 Å². The van der Waals surface area contributed by atoms with Crippen molar-refractivity contribution in [2.75, 3.05) is 12.8 Å². The fourth-order valence-electron chi connectivity index (χ4n) is 1.80. The lowest BCUT2D eigenvalue weighted by atomic mass is 9.90. The Morgan fingerprint density at radius 3 is 2.53 bits per heavy atom. The van der Waals surface area contributed by atoms with Gasteiger partial charge in [0.25, 0.3) is 0 Å². The Hall–Kier alpha value is -1.81. The van der Waals surface area contributed by atoms with Gasteiger partial charge in [-0.05, 0) is 25.0 Å². The van der Waals surface area contributed by atoms with Crippen molar-refractivity contribution in [3.05, 3.63) is 36.0 Å². The highest BCUT2D eigenvalue weighted by atomic mass is 16.5. The van der Waals surface area contributed by atoms with Crippen molar-refractivity contribution in [1.82, 2.24) is 5.16 Å². The lowest BCUT2D eigenvalue weighted by Gasteiger charge is -2.25. The zero-order valence-electron chi connectivity index (χ0n) is 10.2. The fraction of sp³-hybridized carbons (Fsp3) is 0.308. The van der Waals surface area contributed by atoms with Crippen molar-refractivity contribution >= 4 is 5.88 Å². The number of ether oxygens (including phenoxy) is 1. The molecule has 17 heavy (non-hydrogen) atoms. The standard InChI is InChI=1S/C13H16N2O2/c1-13(2,16-3)11-7-5-4-6-9(11)10-8-15-17-12(10)14/h4-8H,14H2,1-3H3. The zero-order chi connectivity index (χ0) is 12.5. The lowest BCUT2D eigenvalue weighted by Crippen LogP contribution is -2.20. The van der Waals surface area contributed by atoms with Gasteiger partial charge in [0.05, 0.1) is 17.4 Å². The molecular weight excluding hydrogens is 216 g/mol. The number of methoxy groups -OCH3 is 1. The van der Waals surface area contributed by atoms with Crippen LogP contribution >= 0.6 is 0 Å². The minimum absolute atomic E-state index is 0.323. The monoisotopic (exact) mass is 232 g/mol. The number of hydrogen-bond acceptors (Lipinski definition) is 4. The van der Waals surface area contributed by atoms with E-state index in [0.29, 0.717) is 5.88 Å². The van der Waals surface area contributed by atoms with E-state index in [4.69, 9.17) is 15.0 Å². The van der Waals surface area contributed by atoms with Crippen molar-refractivity contribution in [3.8, 4) is 11.1 Å². The second-order valence-corrected chi connectivity index (χ2v) is 4.36. The topological polar surface area (TPSA) is 61.3 Å². The second kappa shape index (κ2) is 4.22. The van der Waals surface area contributed by atoms with E-state index >= 15 is 0 Å². The van der Waals surface area contributed by atoms with Gasteiger partial charge in [-0.2, -0.15) is 0 Å². The summed E-state index contributed by atoms with van der Waals surface area (Å²) in [5.74, 6) is 0.323. The number of nitrogens with two attached hydrogens (primary N) is 1. The maximum atomic E-state index is 5.76. The highest BCUT2D eigenvalue weighted by Gasteiger charge is 2.24. The predicted octanol–water partition coefficient (Wildman–Crippen LogP) is 2.81. The molecule has 0 fully saturated rings. The second-order valence-electron chi connectivity index (χ2n) is 4.36. The van der Waals surface area contributed by atoms with Crippen molar-refractivity contribution in [2.45, 2.75) is 19.4 Å². The quantitative estimate of drug-likeness (QED) is 0.883. The fourth-order valence-corrected chi connectivity index (χ4v) is 1.80. The first-order valence-corrected chi connectivity index (χ1v) is 5.41. The normalized spacial score (nSPS) is 11.7. The zero-order valence-corrected chi connectivity index (χ0v) is 10.2. The average molecular weight is 232 g/mol. The number of nitrogens with zero attached hydrogens (tertiary/aromatic N) is 1. The highest BCUT2D eigenvalue weighted by molar-refractivity contribution is 5.75. The molecule has 90 valence electrons. The molecule has 2 rings (SSSR count). The number of anilines is 1. The van der Waals surface area contributed by atoms with Gasteiger partial charge in [0.1, 0.15) is 0 Å². The molecule has 0 atom stereocenters. The molecule has 0 saturated carbocycles. The smallest absolute Gasteiger partial charge is 0.229 e. The first kappa shape index (κ1) is 11.7. The Bertz CT molecular complexity index is 518. The Morgan fingerprint density at radius 1 is 1.24 bits per heavy atom. The number of rotatable bonds is 3. The van der Waals surface area contributed by atoms with Gasteiger partial charge in [0.2, 0.25) is 5.88 Å². The molecule has 4 nitrogen and oxygen atoms in total. The molecule has 2 N–H and O–H groups in total. The molecule has 1 aromatic carbocycles. The van der Waals surface area contributed by atoms with E-state index in [0.717, 1.165) is 16.7 Å². The van der Waals surface area contributed by atoms with Crippen LogP contribution in [0.15, 0.2) is 35.0 Å². The van der Waals surface area contributed by atoms with Gasteiger partial charge < -0.3 is 15.0 Å². The third kappa shape index (κ3) is 2.03. The van der Waals surface area contributed by atoms with Crippen LogP contribution in [0.3, 0.4) is 0 Å². The summed E-state index contributed by atoms with van der Waals surface area (Å²) >= 11 is 0. The maximum absolute atomic E-state index is 5.76. The highest BCUT2D eigenvalue weighted by Crippen LogP contribution is 2.35. The molecule has 1 heterocycles. The summed E-state index contributed by atoms with van der Waals surface area (Å²) < 4.78 is 10.4. The van der Waals surface area contributed by atoms with E-state index in [2.05, 4.69) is 5.16 Å². The van der Waals surface area contributed by atoms with Crippen molar-refractivity contribution in [2.24, 2.45) is 0 Å². The third-order valence-corrected chi connectivity index (χ3v) is 2.97.